The number of benzene rings is 1. The summed E-state index contributed by atoms with van der Waals surface area (Å²) in [6.07, 6.45) is 3.57. The largest absolute Gasteiger partial charge is 0.497 e. The third-order valence-corrected chi connectivity index (χ3v) is 7.36. The lowest BCUT2D eigenvalue weighted by Gasteiger charge is -2.36. The second-order valence-corrected chi connectivity index (χ2v) is 9.57. The zero-order chi connectivity index (χ0) is 25.1. The van der Waals surface area contributed by atoms with E-state index in [1.807, 2.05) is 53.8 Å². The summed E-state index contributed by atoms with van der Waals surface area (Å²) in [7, 11) is 1.68. The summed E-state index contributed by atoms with van der Waals surface area (Å²) in [4.78, 5) is 19.6. The van der Waals surface area contributed by atoms with Crippen LogP contribution >= 0.6 is 0 Å². The Morgan fingerprint density at radius 3 is 2.33 bits per heavy atom. The first kappa shape index (κ1) is 24.1. The summed E-state index contributed by atoms with van der Waals surface area (Å²) < 4.78 is 7.20. The molecule has 0 bridgehead atoms. The fourth-order valence-electron chi connectivity index (χ4n) is 5.22. The molecule has 3 aromatic rings. The number of carbonyl (C=O) groups is 1. The average Bonchev–Trinajstić information content (AvgIpc) is 3.56. The second-order valence-electron chi connectivity index (χ2n) is 9.57. The summed E-state index contributed by atoms with van der Waals surface area (Å²) in [5.74, 6) is 2.69. The number of ether oxygens (including phenoxy) is 1. The van der Waals surface area contributed by atoms with Gasteiger partial charge < -0.3 is 19.4 Å². The van der Waals surface area contributed by atoms with Crippen LogP contribution in [0.4, 0.5) is 11.5 Å². The van der Waals surface area contributed by atoms with Crippen LogP contribution < -0.4 is 14.5 Å². The van der Waals surface area contributed by atoms with Gasteiger partial charge in [-0.15, -0.1) is 10.2 Å². The number of carbonyl (C=O) groups excluding carboxylic acids is 1. The molecule has 2 aliphatic rings. The van der Waals surface area contributed by atoms with E-state index in [2.05, 4.69) is 26.1 Å². The van der Waals surface area contributed by atoms with Gasteiger partial charge in [-0.2, -0.15) is 5.10 Å². The molecule has 0 saturated carbocycles. The third-order valence-electron chi connectivity index (χ3n) is 7.36. The van der Waals surface area contributed by atoms with E-state index < -0.39 is 0 Å². The summed E-state index contributed by atoms with van der Waals surface area (Å²) in [6.45, 7) is 9.23. The van der Waals surface area contributed by atoms with E-state index in [0.717, 1.165) is 73.5 Å². The molecule has 0 aliphatic carbocycles. The molecule has 190 valence electrons. The molecular weight excluding hydrogens is 454 g/mol. The molecule has 0 radical (unpaired) electrons. The zero-order valence-corrected chi connectivity index (χ0v) is 21.5. The molecule has 0 atom stereocenters. The van der Waals surface area contributed by atoms with Crippen molar-refractivity contribution in [2.24, 2.45) is 0 Å². The molecule has 9 nitrogen and oxygen atoms in total. The van der Waals surface area contributed by atoms with E-state index in [9.17, 15) is 4.79 Å². The number of hydrogen-bond acceptors (Lipinski definition) is 7. The van der Waals surface area contributed by atoms with Crippen molar-refractivity contribution in [2.45, 2.75) is 39.5 Å². The van der Waals surface area contributed by atoms with Gasteiger partial charge in [0, 0.05) is 63.1 Å². The highest BCUT2D eigenvalue weighted by molar-refractivity contribution is 5.77. The lowest BCUT2D eigenvalue weighted by atomic mass is 10.1. The lowest BCUT2D eigenvalue weighted by molar-refractivity contribution is -0.131. The van der Waals surface area contributed by atoms with Crippen LogP contribution in [0.5, 0.6) is 5.75 Å². The lowest BCUT2D eigenvalue weighted by Crippen LogP contribution is -2.48. The number of aryl methyl sites for hydroxylation is 1. The highest BCUT2D eigenvalue weighted by atomic mass is 16.5. The van der Waals surface area contributed by atoms with Crippen molar-refractivity contribution in [2.75, 3.05) is 56.2 Å². The van der Waals surface area contributed by atoms with Gasteiger partial charge in [-0.3, -0.25) is 4.79 Å². The Morgan fingerprint density at radius 1 is 0.917 bits per heavy atom. The molecule has 2 saturated heterocycles. The fraction of sp³-hybridized carbons (Fsp3) is 0.481. The minimum atomic E-state index is 0.196. The monoisotopic (exact) mass is 489 g/mol. The topological polar surface area (TPSA) is 79.6 Å². The van der Waals surface area contributed by atoms with Gasteiger partial charge in [0.1, 0.15) is 5.75 Å². The number of anilines is 2. The normalized spacial score (nSPS) is 16.0. The second kappa shape index (κ2) is 10.6. The molecular formula is C27H35N7O2. The standard InChI is InChI=1S/C27H35N7O2/c1-20-24(21(2)34(30-20)26-11-10-25(28-29-26)32-13-4-5-14-32)9-12-27(35)33-17-15-31(16-18-33)22-7-6-8-23(19-22)36-3/h6-8,10-11,19H,4-5,9,12-18H2,1-3H3. The van der Waals surface area contributed by atoms with Gasteiger partial charge >= 0.3 is 0 Å². The van der Waals surface area contributed by atoms with E-state index in [-0.39, 0.29) is 5.91 Å². The van der Waals surface area contributed by atoms with Crippen molar-refractivity contribution in [3.63, 3.8) is 0 Å². The predicted octanol–water partition coefficient (Wildman–Crippen LogP) is 3.17. The van der Waals surface area contributed by atoms with Crippen molar-refractivity contribution in [1.82, 2.24) is 24.9 Å². The summed E-state index contributed by atoms with van der Waals surface area (Å²) in [6, 6.07) is 12.1. The number of nitrogens with zero attached hydrogens (tertiary/aromatic N) is 7. The van der Waals surface area contributed by atoms with Crippen LogP contribution in [0.15, 0.2) is 36.4 Å². The van der Waals surface area contributed by atoms with E-state index in [1.54, 1.807) is 7.11 Å². The van der Waals surface area contributed by atoms with Crippen molar-refractivity contribution in [1.29, 1.82) is 0 Å². The molecule has 5 rings (SSSR count). The van der Waals surface area contributed by atoms with Crippen molar-refractivity contribution < 1.29 is 9.53 Å². The molecule has 1 amide bonds. The molecule has 9 heteroatoms. The minimum absolute atomic E-state index is 0.196. The molecule has 1 aromatic carbocycles. The van der Waals surface area contributed by atoms with Crippen LogP contribution in [0.3, 0.4) is 0 Å². The molecule has 0 N–H and O–H groups in total. The van der Waals surface area contributed by atoms with E-state index in [0.29, 0.717) is 18.7 Å². The maximum atomic E-state index is 13.0. The molecule has 4 heterocycles. The van der Waals surface area contributed by atoms with Gasteiger partial charge in [-0.05, 0) is 62.9 Å². The Balaban J connectivity index is 1.18. The van der Waals surface area contributed by atoms with Crippen LogP contribution in [0.2, 0.25) is 0 Å². The van der Waals surface area contributed by atoms with Gasteiger partial charge in [0.2, 0.25) is 5.91 Å². The average molecular weight is 490 g/mol. The molecule has 36 heavy (non-hydrogen) atoms. The van der Waals surface area contributed by atoms with Crippen LogP contribution in [0.25, 0.3) is 5.82 Å². The Bertz CT molecular complexity index is 1190. The predicted molar refractivity (Wildman–Crippen MR) is 140 cm³/mol. The molecule has 0 unspecified atom stereocenters. The van der Waals surface area contributed by atoms with Crippen LogP contribution in [0, 0.1) is 13.8 Å². The summed E-state index contributed by atoms with van der Waals surface area (Å²) >= 11 is 0. The molecule has 2 aliphatic heterocycles. The SMILES string of the molecule is COc1cccc(N2CCN(C(=O)CCc3c(C)nn(-c4ccc(N5CCCC5)nn4)c3C)CC2)c1. The highest BCUT2D eigenvalue weighted by Gasteiger charge is 2.23. The van der Waals surface area contributed by atoms with Gasteiger partial charge in [0.05, 0.1) is 12.8 Å². The Morgan fingerprint density at radius 2 is 1.64 bits per heavy atom. The van der Waals surface area contributed by atoms with Gasteiger partial charge in [-0.1, -0.05) is 6.07 Å². The Kier molecular flexibility index (Phi) is 7.06. The number of aromatic nitrogens is 4. The quantitative estimate of drug-likeness (QED) is 0.504. The van der Waals surface area contributed by atoms with Crippen LogP contribution in [-0.2, 0) is 11.2 Å². The van der Waals surface area contributed by atoms with E-state index >= 15 is 0 Å². The molecule has 0 spiro atoms. The van der Waals surface area contributed by atoms with Gasteiger partial charge in [-0.25, -0.2) is 4.68 Å². The first-order valence-electron chi connectivity index (χ1n) is 12.8. The summed E-state index contributed by atoms with van der Waals surface area (Å²) in [5.41, 5.74) is 4.21. The maximum Gasteiger partial charge on any atom is 0.223 e. The number of methoxy groups -OCH3 is 1. The minimum Gasteiger partial charge on any atom is -0.497 e. The van der Waals surface area contributed by atoms with Gasteiger partial charge in [0.25, 0.3) is 0 Å². The Hall–Kier alpha value is -3.62. The Labute approximate surface area is 212 Å². The third kappa shape index (κ3) is 5.01. The van der Waals surface area contributed by atoms with Crippen molar-refractivity contribution in [3.05, 3.63) is 53.3 Å². The first-order chi connectivity index (χ1) is 17.5. The smallest absolute Gasteiger partial charge is 0.223 e. The van der Waals surface area contributed by atoms with E-state index in [4.69, 9.17) is 9.84 Å². The maximum absolute atomic E-state index is 13.0. The van der Waals surface area contributed by atoms with Crippen molar-refractivity contribution >= 4 is 17.4 Å². The first-order valence-corrected chi connectivity index (χ1v) is 12.8. The number of rotatable bonds is 7. The van der Waals surface area contributed by atoms with Crippen molar-refractivity contribution in [3.8, 4) is 11.6 Å². The van der Waals surface area contributed by atoms with Crippen LogP contribution in [0.1, 0.15) is 36.2 Å². The number of hydrogen-bond donors (Lipinski definition) is 0. The highest BCUT2D eigenvalue weighted by Crippen LogP contribution is 2.24. The van der Waals surface area contributed by atoms with E-state index in [1.165, 1.54) is 12.8 Å². The zero-order valence-electron chi connectivity index (χ0n) is 21.5. The number of piperazine rings is 1. The molecule has 2 fully saturated rings. The molecule has 2 aromatic heterocycles. The summed E-state index contributed by atoms with van der Waals surface area (Å²) in [5, 5.41) is 13.6. The van der Waals surface area contributed by atoms with Crippen LogP contribution in [-0.4, -0.2) is 77.2 Å². The number of amides is 1. The van der Waals surface area contributed by atoms with Gasteiger partial charge in [0.15, 0.2) is 11.6 Å². The fourth-order valence-corrected chi connectivity index (χ4v) is 5.22.